The van der Waals surface area contributed by atoms with Gasteiger partial charge in [-0.1, -0.05) is 0 Å². The van der Waals surface area contributed by atoms with E-state index >= 15 is 0 Å². The summed E-state index contributed by atoms with van der Waals surface area (Å²) >= 11 is 4.36. The van der Waals surface area contributed by atoms with Crippen LogP contribution >= 0.6 is 12.2 Å². The molecule has 0 aromatic carbocycles. The lowest BCUT2D eigenvalue weighted by Gasteiger charge is -2.20. The number of esters is 1. The normalized spacial score (nSPS) is 13.0. The van der Waals surface area contributed by atoms with Crippen molar-refractivity contribution in [1.82, 2.24) is 0 Å². The zero-order chi connectivity index (χ0) is 9.78. The summed E-state index contributed by atoms with van der Waals surface area (Å²) in [5.41, 5.74) is -0.470. The predicted molar refractivity (Wildman–Crippen MR) is 50.3 cm³/mol. The Hall–Kier alpha value is -0.730. The number of rotatable bonds is 2. The molecule has 0 saturated carbocycles. The smallest absolute Gasteiger partial charge is 0.331 e. The van der Waals surface area contributed by atoms with Gasteiger partial charge in [0, 0.05) is 0 Å². The van der Waals surface area contributed by atoms with Crippen molar-refractivity contribution in [3.63, 3.8) is 0 Å². The number of thiocarbonyl (C=S) groups is 1. The van der Waals surface area contributed by atoms with Gasteiger partial charge in [0.15, 0.2) is 6.04 Å². The molecule has 0 saturated heterocycles. The van der Waals surface area contributed by atoms with E-state index in [0.717, 1.165) is 0 Å². The highest BCUT2D eigenvalue weighted by molar-refractivity contribution is 7.78. The maximum absolute atomic E-state index is 11.1. The Balaban J connectivity index is 4.14. The van der Waals surface area contributed by atoms with Crippen molar-refractivity contribution >= 4 is 23.3 Å². The third-order valence-electron chi connectivity index (χ3n) is 0.994. The summed E-state index contributed by atoms with van der Waals surface area (Å²) in [4.78, 5) is 14.7. The van der Waals surface area contributed by atoms with Crippen LogP contribution in [0.3, 0.4) is 0 Å². The van der Waals surface area contributed by atoms with Crippen LogP contribution < -0.4 is 0 Å². The lowest BCUT2D eigenvalue weighted by atomic mass is 10.2. The molecule has 3 nitrogen and oxygen atoms in total. The van der Waals surface area contributed by atoms with E-state index in [4.69, 9.17) is 4.74 Å². The molecule has 0 aliphatic carbocycles. The van der Waals surface area contributed by atoms with E-state index in [1.807, 2.05) is 0 Å². The predicted octanol–water partition coefficient (Wildman–Crippen LogP) is 1.82. The second kappa shape index (κ2) is 4.33. The van der Waals surface area contributed by atoms with Gasteiger partial charge in [-0.25, -0.2) is 9.79 Å². The number of isothiocyanates is 1. The van der Waals surface area contributed by atoms with E-state index in [1.165, 1.54) is 0 Å². The number of nitrogens with zero attached hydrogens (tertiary/aromatic N) is 1. The van der Waals surface area contributed by atoms with Gasteiger partial charge in [-0.2, -0.15) is 0 Å². The van der Waals surface area contributed by atoms with E-state index < -0.39 is 11.6 Å². The van der Waals surface area contributed by atoms with Crippen molar-refractivity contribution in [3.05, 3.63) is 0 Å². The summed E-state index contributed by atoms with van der Waals surface area (Å²) in [7, 11) is 0. The van der Waals surface area contributed by atoms with Gasteiger partial charge in [0.1, 0.15) is 5.60 Å². The average Bonchev–Trinajstić information content (AvgIpc) is 1.84. The Morgan fingerprint density at radius 2 is 2.08 bits per heavy atom. The van der Waals surface area contributed by atoms with E-state index in [2.05, 4.69) is 22.4 Å². The summed E-state index contributed by atoms with van der Waals surface area (Å²) in [6.07, 6.45) is 0. The van der Waals surface area contributed by atoms with Gasteiger partial charge < -0.3 is 4.74 Å². The van der Waals surface area contributed by atoms with Crippen LogP contribution in [0.15, 0.2) is 4.99 Å². The third-order valence-corrected chi connectivity index (χ3v) is 1.10. The number of carbonyl (C=O) groups excluding carboxylic acids is 1. The molecule has 68 valence electrons. The Bertz CT molecular complexity index is 214. The largest absolute Gasteiger partial charge is 0.458 e. The van der Waals surface area contributed by atoms with E-state index in [-0.39, 0.29) is 5.97 Å². The Labute approximate surface area is 77.8 Å². The summed E-state index contributed by atoms with van der Waals surface area (Å²) in [5.74, 6) is -0.375. The van der Waals surface area contributed by atoms with Gasteiger partial charge in [0.25, 0.3) is 0 Å². The van der Waals surface area contributed by atoms with E-state index in [0.29, 0.717) is 0 Å². The summed E-state index contributed by atoms with van der Waals surface area (Å²) in [6.45, 7) is 7.03. The molecular formula is C8H13NO2S. The number of ether oxygens (including phenoxy) is 1. The standard InChI is InChI=1S/C8H13NO2S/c1-6(9-5-12)7(10)11-8(2,3)4/h6H,1-4H3/t6-/m0/s1. The summed E-state index contributed by atoms with van der Waals surface area (Å²) < 4.78 is 5.03. The lowest BCUT2D eigenvalue weighted by Crippen LogP contribution is -2.29. The molecule has 0 spiro atoms. The van der Waals surface area contributed by atoms with E-state index in [9.17, 15) is 4.79 Å². The maximum Gasteiger partial charge on any atom is 0.331 e. The Kier molecular flexibility index (Phi) is 4.07. The first kappa shape index (κ1) is 11.3. The maximum atomic E-state index is 11.1. The molecular weight excluding hydrogens is 174 g/mol. The topological polar surface area (TPSA) is 38.7 Å². The highest BCUT2D eigenvalue weighted by atomic mass is 32.1. The van der Waals surface area contributed by atoms with Gasteiger partial charge in [0.2, 0.25) is 0 Å². The molecule has 0 aliphatic heterocycles. The molecule has 0 heterocycles. The first-order valence-corrected chi connectivity index (χ1v) is 4.07. The zero-order valence-electron chi connectivity index (χ0n) is 7.75. The zero-order valence-corrected chi connectivity index (χ0v) is 8.57. The van der Waals surface area contributed by atoms with Crippen molar-refractivity contribution in [2.75, 3.05) is 0 Å². The minimum atomic E-state index is -0.554. The molecule has 0 unspecified atom stereocenters. The van der Waals surface area contributed by atoms with Crippen molar-refractivity contribution in [2.24, 2.45) is 4.99 Å². The number of aliphatic imine (C=N–C) groups is 1. The highest BCUT2D eigenvalue weighted by Gasteiger charge is 2.20. The summed E-state index contributed by atoms with van der Waals surface area (Å²) in [6, 6.07) is -0.554. The number of hydrogen-bond acceptors (Lipinski definition) is 4. The fraction of sp³-hybridized carbons (Fsp3) is 0.750. The van der Waals surface area contributed by atoms with Gasteiger partial charge in [-0.05, 0) is 39.9 Å². The molecule has 0 N–H and O–H groups in total. The van der Waals surface area contributed by atoms with E-state index in [1.54, 1.807) is 27.7 Å². The van der Waals surface area contributed by atoms with Crippen LogP contribution in [0.25, 0.3) is 0 Å². The van der Waals surface area contributed by atoms with Crippen LogP contribution in [0, 0.1) is 0 Å². The SMILES string of the molecule is C[C@H](N=C=S)C(=O)OC(C)(C)C. The number of hydrogen-bond donors (Lipinski definition) is 0. The van der Waals surface area contributed by atoms with Crippen LogP contribution in [-0.4, -0.2) is 22.8 Å². The third kappa shape index (κ3) is 4.99. The minimum Gasteiger partial charge on any atom is -0.458 e. The second-order valence-electron chi connectivity index (χ2n) is 3.43. The second-order valence-corrected chi connectivity index (χ2v) is 3.61. The molecule has 0 aromatic rings. The molecule has 0 aliphatic rings. The fourth-order valence-electron chi connectivity index (χ4n) is 0.519. The van der Waals surface area contributed by atoms with Gasteiger partial charge in [-0.3, -0.25) is 0 Å². The van der Waals surface area contributed by atoms with Crippen molar-refractivity contribution in [1.29, 1.82) is 0 Å². The molecule has 4 heteroatoms. The fourth-order valence-corrected chi connectivity index (χ4v) is 0.677. The van der Waals surface area contributed by atoms with Crippen molar-refractivity contribution in [3.8, 4) is 0 Å². The quantitative estimate of drug-likeness (QED) is 0.376. The number of carbonyl (C=O) groups is 1. The van der Waals surface area contributed by atoms with Crippen LogP contribution in [0.1, 0.15) is 27.7 Å². The van der Waals surface area contributed by atoms with Gasteiger partial charge in [-0.15, -0.1) is 0 Å². The first-order valence-electron chi connectivity index (χ1n) is 3.66. The minimum absolute atomic E-state index is 0.375. The highest BCUT2D eigenvalue weighted by Crippen LogP contribution is 2.09. The monoisotopic (exact) mass is 187 g/mol. The van der Waals surface area contributed by atoms with Crippen LogP contribution in [0.4, 0.5) is 0 Å². The summed E-state index contributed by atoms with van der Waals surface area (Å²) in [5, 5.41) is 2.14. The van der Waals surface area contributed by atoms with Crippen LogP contribution in [-0.2, 0) is 9.53 Å². The molecule has 12 heavy (non-hydrogen) atoms. The van der Waals surface area contributed by atoms with Gasteiger partial charge >= 0.3 is 5.97 Å². The average molecular weight is 187 g/mol. The molecule has 0 aromatic heterocycles. The van der Waals surface area contributed by atoms with Crippen LogP contribution in [0.5, 0.6) is 0 Å². The van der Waals surface area contributed by atoms with Crippen molar-refractivity contribution in [2.45, 2.75) is 39.3 Å². The Morgan fingerprint density at radius 3 is 2.42 bits per heavy atom. The van der Waals surface area contributed by atoms with Gasteiger partial charge in [0.05, 0.1) is 5.16 Å². The molecule has 0 bridgehead atoms. The molecule has 0 rings (SSSR count). The molecule has 0 amide bonds. The molecule has 0 fully saturated rings. The molecule has 1 atom stereocenters. The first-order chi connectivity index (χ1) is 5.37. The Morgan fingerprint density at radius 1 is 1.58 bits per heavy atom. The van der Waals surface area contributed by atoms with Crippen molar-refractivity contribution < 1.29 is 9.53 Å². The molecule has 0 radical (unpaired) electrons. The van der Waals surface area contributed by atoms with Crippen LogP contribution in [0.2, 0.25) is 0 Å². The lowest BCUT2D eigenvalue weighted by molar-refractivity contribution is -0.155.